The lowest BCUT2D eigenvalue weighted by Crippen LogP contribution is -2.44. The van der Waals surface area contributed by atoms with Gasteiger partial charge in [0.15, 0.2) is 5.78 Å². The summed E-state index contributed by atoms with van der Waals surface area (Å²) in [5.41, 5.74) is 1.87. The van der Waals surface area contributed by atoms with E-state index in [0.29, 0.717) is 25.9 Å². The third kappa shape index (κ3) is 3.02. The Hall–Kier alpha value is -3.05. The zero-order valence-electron chi connectivity index (χ0n) is 21.8. The molecule has 1 saturated carbocycles. The molecule has 1 heterocycles. The van der Waals surface area contributed by atoms with Crippen LogP contribution in [0, 0.1) is 22.7 Å². The van der Waals surface area contributed by atoms with Gasteiger partial charge in [-0.2, -0.15) is 0 Å². The third-order valence-electron chi connectivity index (χ3n) is 9.19. The fraction of sp³-hybridized carbons (Fsp3) is 0.452. The van der Waals surface area contributed by atoms with Gasteiger partial charge in [-0.3, -0.25) is 19.3 Å². The number of rotatable bonds is 9. The van der Waals surface area contributed by atoms with Gasteiger partial charge in [-0.25, -0.2) is 0 Å². The summed E-state index contributed by atoms with van der Waals surface area (Å²) >= 11 is 0. The molecule has 2 bridgehead atoms. The van der Waals surface area contributed by atoms with E-state index in [1.807, 2.05) is 74.5 Å². The highest BCUT2D eigenvalue weighted by atomic mass is 16.2. The molecule has 5 rings (SSSR count). The van der Waals surface area contributed by atoms with E-state index in [0.717, 1.165) is 35.4 Å². The van der Waals surface area contributed by atoms with E-state index in [9.17, 15) is 14.4 Å². The zero-order chi connectivity index (χ0) is 25.7. The molecule has 4 unspecified atom stereocenters. The standard InChI is InChI=1S/C31H36N2O3/c1-5-30-23(21-15-11-9-12-16-21)24(22-17-13-10-14-18-22)31(6-2,29(30)36)26-25(30)27(34)33(28(26)35)20-19-32(7-3)8-4/h9-18,25-26H,5-8,19-20H2,1-4H3. The normalized spacial score (nSPS) is 29.1. The molecule has 4 atom stereocenters. The summed E-state index contributed by atoms with van der Waals surface area (Å²) in [6.07, 6.45) is 0.996. The van der Waals surface area contributed by atoms with Crippen molar-refractivity contribution < 1.29 is 14.4 Å². The number of imide groups is 1. The molecule has 0 radical (unpaired) electrons. The topological polar surface area (TPSA) is 57.7 Å². The second-order valence-corrected chi connectivity index (χ2v) is 10.3. The van der Waals surface area contributed by atoms with Crippen LogP contribution in [0.1, 0.15) is 51.7 Å². The van der Waals surface area contributed by atoms with Crippen molar-refractivity contribution in [2.75, 3.05) is 26.2 Å². The second kappa shape index (κ2) is 9.11. The molecule has 2 aromatic carbocycles. The minimum absolute atomic E-state index is 0.0674. The van der Waals surface area contributed by atoms with Gasteiger partial charge in [0.1, 0.15) is 0 Å². The number of carbonyl (C=O) groups excluding carboxylic acids is 3. The number of carbonyl (C=O) groups is 3. The van der Waals surface area contributed by atoms with Crippen molar-refractivity contribution in [2.45, 2.75) is 40.5 Å². The number of Topliss-reactive ketones (excluding diaryl/α,β-unsaturated/α-hetero) is 1. The zero-order valence-corrected chi connectivity index (χ0v) is 21.8. The SMILES string of the molecule is CCN(CC)CCN1C(=O)C2C(C1=O)C1(CC)C(=O)C2(CC)C(c2ccccc2)=C1c1ccccc1. The number of fused-ring (bicyclic) bond motifs is 5. The van der Waals surface area contributed by atoms with E-state index in [1.54, 1.807) is 0 Å². The maximum atomic E-state index is 14.6. The van der Waals surface area contributed by atoms with Gasteiger partial charge in [-0.1, -0.05) is 88.4 Å². The van der Waals surface area contributed by atoms with Crippen molar-refractivity contribution in [1.82, 2.24) is 9.80 Å². The number of hydrogen-bond acceptors (Lipinski definition) is 4. The van der Waals surface area contributed by atoms with Crippen molar-refractivity contribution in [3.63, 3.8) is 0 Å². The predicted octanol–water partition coefficient (Wildman–Crippen LogP) is 4.93. The minimum Gasteiger partial charge on any atom is -0.302 e. The Bertz CT molecular complexity index is 1130. The molecule has 188 valence electrons. The van der Waals surface area contributed by atoms with Crippen LogP contribution in [0.4, 0.5) is 0 Å². The highest BCUT2D eigenvalue weighted by molar-refractivity contribution is 6.29. The molecule has 36 heavy (non-hydrogen) atoms. The molecule has 2 fully saturated rings. The first-order valence-corrected chi connectivity index (χ1v) is 13.4. The second-order valence-electron chi connectivity index (χ2n) is 10.3. The average molecular weight is 485 g/mol. The lowest BCUT2D eigenvalue weighted by atomic mass is 9.60. The molecule has 0 aromatic heterocycles. The first-order chi connectivity index (χ1) is 17.4. The number of benzene rings is 2. The van der Waals surface area contributed by atoms with Gasteiger partial charge in [-0.05, 0) is 48.2 Å². The van der Waals surface area contributed by atoms with Crippen LogP contribution in [0.25, 0.3) is 11.1 Å². The van der Waals surface area contributed by atoms with E-state index >= 15 is 0 Å². The summed E-state index contributed by atoms with van der Waals surface area (Å²) in [6, 6.07) is 20.1. The summed E-state index contributed by atoms with van der Waals surface area (Å²) in [6.45, 7) is 11.0. The van der Waals surface area contributed by atoms with Gasteiger partial charge in [0.25, 0.3) is 0 Å². The number of hydrogen-bond donors (Lipinski definition) is 0. The first-order valence-electron chi connectivity index (χ1n) is 13.4. The van der Waals surface area contributed by atoms with Crippen LogP contribution in [0.2, 0.25) is 0 Å². The Kier molecular flexibility index (Phi) is 6.24. The van der Waals surface area contributed by atoms with Crippen LogP contribution in [-0.4, -0.2) is 53.6 Å². The first kappa shape index (κ1) is 24.6. The average Bonchev–Trinajstić information content (AvgIpc) is 3.41. The molecule has 5 heteroatoms. The van der Waals surface area contributed by atoms with Crippen LogP contribution in [0.5, 0.6) is 0 Å². The maximum absolute atomic E-state index is 14.6. The van der Waals surface area contributed by atoms with Gasteiger partial charge in [0.2, 0.25) is 11.8 Å². The number of allylic oxidation sites excluding steroid dienone is 2. The van der Waals surface area contributed by atoms with E-state index in [4.69, 9.17) is 0 Å². The lowest BCUT2D eigenvalue weighted by Gasteiger charge is -2.38. The van der Waals surface area contributed by atoms with E-state index in [-0.39, 0.29) is 17.6 Å². The largest absolute Gasteiger partial charge is 0.302 e. The van der Waals surface area contributed by atoms with Gasteiger partial charge in [-0.15, -0.1) is 0 Å². The van der Waals surface area contributed by atoms with Crippen LogP contribution in [0.15, 0.2) is 60.7 Å². The van der Waals surface area contributed by atoms with E-state index in [1.165, 1.54) is 4.90 Å². The van der Waals surface area contributed by atoms with Crippen molar-refractivity contribution in [3.05, 3.63) is 71.8 Å². The molecule has 1 aliphatic heterocycles. The summed E-state index contributed by atoms with van der Waals surface area (Å²) in [5.74, 6) is -1.53. The molecule has 0 N–H and O–H groups in total. The number of ketones is 1. The quantitative estimate of drug-likeness (QED) is 0.474. The van der Waals surface area contributed by atoms with Gasteiger partial charge in [0.05, 0.1) is 22.7 Å². The lowest BCUT2D eigenvalue weighted by molar-refractivity contribution is -0.145. The fourth-order valence-electron chi connectivity index (χ4n) is 7.51. The highest BCUT2D eigenvalue weighted by Gasteiger charge is 2.80. The Morgan fingerprint density at radius 3 is 1.47 bits per heavy atom. The Balaban J connectivity index is 1.74. The van der Waals surface area contributed by atoms with Gasteiger partial charge >= 0.3 is 0 Å². The molecule has 2 amide bonds. The molecule has 2 aromatic rings. The number of likely N-dealkylation sites (N-methyl/N-ethyl adjacent to an activating group) is 1. The summed E-state index contributed by atoms with van der Waals surface area (Å²) in [5, 5.41) is 0. The molecular weight excluding hydrogens is 448 g/mol. The summed E-state index contributed by atoms with van der Waals surface area (Å²) in [4.78, 5) is 46.5. The smallest absolute Gasteiger partial charge is 0.234 e. The monoisotopic (exact) mass is 484 g/mol. The molecule has 1 saturated heterocycles. The Morgan fingerprint density at radius 1 is 0.694 bits per heavy atom. The molecule has 0 spiro atoms. The minimum atomic E-state index is -0.996. The van der Waals surface area contributed by atoms with Crippen molar-refractivity contribution in [2.24, 2.45) is 22.7 Å². The maximum Gasteiger partial charge on any atom is 0.234 e. The fourth-order valence-corrected chi connectivity index (χ4v) is 7.51. The Morgan fingerprint density at radius 2 is 1.11 bits per heavy atom. The number of likely N-dealkylation sites (tertiary alicyclic amines) is 1. The van der Waals surface area contributed by atoms with Crippen LogP contribution >= 0.6 is 0 Å². The van der Waals surface area contributed by atoms with Crippen molar-refractivity contribution in [1.29, 1.82) is 0 Å². The molecule has 5 nitrogen and oxygen atoms in total. The number of nitrogens with zero attached hydrogens (tertiary/aromatic N) is 2. The van der Waals surface area contributed by atoms with E-state index in [2.05, 4.69) is 18.7 Å². The van der Waals surface area contributed by atoms with E-state index < -0.39 is 22.7 Å². The predicted molar refractivity (Wildman–Crippen MR) is 142 cm³/mol. The highest BCUT2D eigenvalue weighted by Crippen LogP contribution is 2.75. The van der Waals surface area contributed by atoms with Crippen molar-refractivity contribution in [3.8, 4) is 0 Å². The number of amides is 2. The van der Waals surface area contributed by atoms with Crippen LogP contribution in [-0.2, 0) is 14.4 Å². The van der Waals surface area contributed by atoms with Crippen molar-refractivity contribution >= 4 is 28.7 Å². The molecule has 2 aliphatic carbocycles. The van der Waals surface area contributed by atoms with Gasteiger partial charge < -0.3 is 4.90 Å². The summed E-state index contributed by atoms with van der Waals surface area (Å²) < 4.78 is 0. The molecule has 3 aliphatic rings. The van der Waals surface area contributed by atoms with Gasteiger partial charge in [0, 0.05) is 13.1 Å². The van der Waals surface area contributed by atoms with Crippen LogP contribution in [0.3, 0.4) is 0 Å². The Labute approximate surface area is 214 Å². The third-order valence-corrected chi connectivity index (χ3v) is 9.19. The molecular formula is C31H36N2O3. The summed E-state index contributed by atoms with van der Waals surface area (Å²) in [7, 11) is 0. The van der Waals surface area contributed by atoms with Crippen LogP contribution < -0.4 is 0 Å².